The summed E-state index contributed by atoms with van der Waals surface area (Å²) >= 11 is 1.65. The van der Waals surface area contributed by atoms with Crippen LogP contribution < -0.4 is 5.32 Å². The van der Waals surface area contributed by atoms with Gasteiger partial charge in [-0.25, -0.2) is 4.98 Å². The van der Waals surface area contributed by atoms with Gasteiger partial charge in [-0.05, 0) is 26.3 Å². The van der Waals surface area contributed by atoms with Gasteiger partial charge in [0.1, 0.15) is 0 Å². The Balaban J connectivity index is 1.94. The second-order valence-electron chi connectivity index (χ2n) is 4.70. The van der Waals surface area contributed by atoms with Crippen LogP contribution in [0.5, 0.6) is 0 Å². The van der Waals surface area contributed by atoms with E-state index in [1.165, 1.54) is 0 Å². The number of likely N-dealkylation sites (N-methyl/N-ethyl adjacent to an activating group) is 1. The lowest BCUT2D eigenvalue weighted by atomic mass is 10.2. The highest BCUT2D eigenvalue weighted by molar-refractivity contribution is 7.09. The Bertz CT molecular complexity index is 405. The fourth-order valence-corrected chi connectivity index (χ4v) is 3.21. The Morgan fingerprint density at radius 3 is 3.17 bits per heavy atom. The lowest BCUT2D eigenvalue weighted by Gasteiger charge is -2.24. The molecular formula is C13H21N3OS. The number of carbonyl (C=O) groups excluding carboxylic acids is 1. The summed E-state index contributed by atoms with van der Waals surface area (Å²) < 4.78 is 0. The zero-order valence-electron chi connectivity index (χ0n) is 11.1. The standard InChI is InChI=1S/C13H21N3OS/c1-3-12-15-10(9-18-12)7-13(17)16-6-4-5-11(16)8-14-2/h9,11,14H,3-8H2,1-2H3. The van der Waals surface area contributed by atoms with Crippen molar-refractivity contribution in [1.82, 2.24) is 15.2 Å². The van der Waals surface area contributed by atoms with Gasteiger partial charge in [0.15, 0.2) is 0 Å². The van der Waals surface area contributed by atoms with E-state index >= 15 is 0 Å². The molecule has 1 aromatic heterocycles. The third kappa shape index (κ3) is 3.09. The molecule has 5 heteroatoms. The van der Waals surface area contributed by atoms with E-state index in [0.29, 0.717) is 12.5 Å². The Hall–Kier alpha value is -0.940. The molecule has 1 fully saturated rings. The van der Waals surface area contributed by atoms with E-state index in [-0.39, 0.29) is 5.91 Å². The predicted octanol–water partition coefficient (Wildman–Crippen LogP) is 1.46. The van der Waals surface area contributed by atoms with Gasteiger partial charge in [-0.1, -0.05) is 6.92 Å². The number of thiazole rings is 1. The molecule has 2 heterocycles. The summed E-state index contributed by atoms with van der Waals surface area (Å²) in [5, 5.41) is 6.29. The molecule has 1 atom stereocenters. The third-order valence-corrected chi connectivity index (χ3v) is 4.41. The fraction of sp³-hybridized carbons (Fsp3) is 0.692. The normalized spacial score (nSPS) is 19.4. The van der Waals surface area contributed by atoms with Crippen LogP contribution in [0.2, 0.25) is 0 Å². The highest BCUT2D eigenvalue weighted by atomic mass is 32.1. The van der Waals surface area contributed by atoms with Gasteiger partial charge < -0.3 is 10.2 Å². The summed E-state index contributed by atoms with van der Waals surface area (Å²) in [6, 6.07) is 0.367. The highest BCUT2D eigenvalue weighted by Gasteiger charge is 2.28. The maximum atomic E-state index is 12.3. The molecule has 1 aromatic rings. The topological polar surface area (TPSA) is 45.2 Å². The quantitative estimate of drug-likeness (QED) is 0.878. The molecule has 0 aliphatic carbocycles. The van der Waals surface area contributed by atoms with Gasteiger partial charge in [0.2, 0.25) is 5.91 Å². The van der Waals surface area contributed by atoms with Crippen molar-refractivity contribution in [3.8, 4) is 0 Å². The van der Waals surface area contributed by atoms with E-state index in [0.717, 1.165) is 43.1 Å². The summed E-state index contributed by atoms with van der Waals surface area (Å²) in [4.78, 5) is 18.7. The first-order valence-corrected chi connectivity index (χ1v) is 7.50. The molecule has 1 unspecified atom stereocenters. The minimum atomic E-state index is 0.223. The van der Waals surface area contributed by atoms with E-state index in [1.54, 1.807) is 11.3 Å². The van der Waals surface area contributed by atoms with Gasteiger partial charge in [-0.3, -0.25) is 4.79 Å². The molecule has 0 radical (unpaired) electrons. The molecule has 18 heavy (non-hydrogen) atoms. The van der Waals surface area contributed by atoms with Gasteiger partial charge in [0.05, 0.1) is 17.1 Å². The number of likely N-dealkylation sites (tertiary alicyclic amines) is 1. The first-order chi connectivity index (χ1) is 8.74. The van der Waals surface area contributed by atoms with Crippen molar-refractivity contribution >= 4 is 17.2 Å². The zero-order chi connectivity index (χ0) is 13.0. The Morgan fingerprint density at radius 1 is 1.67 bits per heavy atom. The van der Waals surface area contributed by atoms with Crippen molar-refractivity contribution in [3.63, 3.8) is 0 Å². The minimum absolute atomic E-state index is 0.223. The van der Waals surface area contributed by atoms with Crippen LogP contribution in [0.3, 0.4) is 0 Å². The Kier molecular flexibility index (Phi) is 4.72. The Morgan fingerprint density at radius 2 is 2.50 bits per heavy atom. The number of rotatable bonds is 5. The zero-order valence-corrected chi connectivity index (χ0v) is 11.9. The molecule has 100 valence electrons. The first kappa shape index (κ1) is 13.5. The van der Waals surface area contributed by atoms with Crippen molar-refractivity contribution < 1.29 is 4.79 Å². The third-order valence-electron chi connectivity index (χ3n) is 3.37. The summed E-state index contributed by atoms with van der Waals surface area (Å²) in [6.07, 6.45) is 3.64. The molecule has 0 aromatic carbocycles. The van der Waals surface area contributed by atoms with Gasteiger partial charge >= 0.3 is 0 Å². The van der Waals surface area contributed by atoms with Gasteiger partial charge in [0.25, 0.3) is 0 Å². The summed E-state index contributed by atoms with van der Waals surface area (Å²) in [7, 11) is 1.94. The number of nitrogens with zero attached hydrogens (tertiary/aromatic N) is 2. The van der Waals surface area contributed by atoms with Crippen LogP contribution in [0, 0.1) is 0 Å². The number of aromatic nitrogens is 1. The lowest BCUT2D eigenvalue weighted by molar-refractivity contribution is -0.131. The van der Waals surface area contributed by atoms with E-state index in [9.17, 15) is 4.79 Å². The predicted molar refractivity (Wildman–Crippen MR) is 73.9 cm³/mol. The van der Waals surface area contributed by atoms with Crippen molar-refractivity contribution in [2.24, 2.45) is 0 Å². The maximum absolute atomic E-state index is 12.3. The van der Waals surface area contributed by atoms with Crippen LogP contribution >= 0.6 is 11.3 Å². The molecule has 1 N–H and O–H groups in total. The smallest absolute Gasteiger partial charge is 0.228 e. The van der Waals surface area contributed by atoms with E-state index < -0.39 is 0 Å². The van der Waals surface area contributed by atoms with Crippen LogP contribution in [0.25, 0.3) is 0 Å². The van der Waals surface area contributed by atoms with E-state index in [1.807, 2.05) is 17.3 Å². The molecule has 0 saturated carbocycles. The van der Waals surface area contributed by atoms with E-state index in [4.69, 9.17) is 0 Å². The molecule has 1 saturated heterocycles. The van der Waals surface area contributed by atoms with Gasteiger partial charge in [0, 0.05) is 24.5 Å². The highest BCUT2D eigenvalue weighted by Crippen LogP contribution is 2.19. The van der Waals surface area contributed by atoms with Crippen LogP contribution in [0.4, 0.5) is 0 Å². The molecule has 0 spiro atoms. The molecule has 1 amide bonds. The van der Waals surface area contributed by atoms with Gasteiger partial charge in [-0.2, -0.15) is 0 Å². The van der Waals surface area contributed by atoms with Crippen molar-refractivity contribution in [2.75, 3.05) is 20.1 Å². The molecule has 4 nitrogen and oxygen atoms in total. The number of carbonyl (C=O) groups is 1. The number of aryl methyl sites for hydroxylation is 1. The monoisotopic (exact) mass is 267 g/mol. The van der Waals surface area contributed by atoms with Crippen LogP contribution in [0.1, 0.15) is 30.5 Å². The molecule has 1 aliphatic heterocycles. The van der Waals surface area contributed by atoms with Crippen molar-refractivity contribution in [3.05, 3.63) is 16.1 Å². The summed E-state index contributed by atoms with van der Waals surface area (Å²) in [6.45, 7) is 3.88. The number of hydrogen-bond donors (Lipinski definition) is 1. The first-order valence-electron chi connectivity index (χ1n) is 6.62. The van der Waals surface area contributed by atoms with Crippen LogP contribution in [-0.4, -0.2) is 42.0 Å². The van der Waals surface area contributed by atoms with Gasteiger partial charge in [-0.15, -0.1) is 11.3 Å². The number of nitrogens with one attached hydrogen (secondary N) is 1. The average Bonchev–Trinajstić information content (AvgIpc) is 2.98. The van der Waals surface area contributed by atoms with Crippen LogP contribution in [-0.2, 0) is 17.6 Å². The molecule has 0 bridgehead atoms. The maximum Gasteiger partial charge on any atom is 0.228 e. The summed E-state index contributed by atoms with van der Waals surface area (Å²) in [5.41, 5.74) is 0.928. The second kappa shape index (κ2) is 6.29. The molecule has 1 aliphatic rings. The van der Waals surface area contributed by atoms with Crippen LogP contribution in [0.15, 0.2) is 5.38 Å². The lowest BCUT2D eigenvalue weighted by Crippen LogP contribution is -2.41. The average molecular weight is 267 g/mol. The van der Waals surface area contributed by atoms with Crippen molar-refractivity contribution in [2.45, 2.75) is 38.6 Å². The summed E-state index contributed by atoms with van der Waals surface area (Å²) in [5.74, 6) is 0.223. The number of hydrogen-bond acceptors (Lipinski definition) is 4. The fourth-order valence-electron chi connectivity index (χ4n) is 2.46. The SMILES string of the molecule is CCc1nc(CC(=O)N2CCCC2CNC)cs1. The van der Waals surface area contributed by atoms with E-state index in [2.05, 4.69) is 17.2 Å². The largest absolute Gasteiger partial charge is 0.338 e. The minimum Gasteiger partial charge on any atom is -0.338 e. The van der Waals surface area contributed by atoms with Crippen molar-refractivity contribution in [1.29, 1.82) is 0 Å². The Labute approximate surface area is 112 Å². The molecular weight excluding hydrogens is 246 g/mol. The molecule has 2 rings (SSSR count). The second-order valence-corrected chi connectivity index (χ2v) is 5.65. The number of amides is 1.